The monoisotopic (exact) mass is 234 g/mol. The molecule has 1 aromatic carbocycles. The molecule has 1 aliphatic rings. The Kier molecular flexibility index (Phi) is 3.45. The minimum atomic E-state index is -1.04. The molecule has 3 N–H and O–H groups in total. The molecule has 0 aromatic heterocycles. The SMILES string of the molecule is CC(=O)N[C@H]1CCN[C@@](O)(c2ccccc2)C1. The highest BCUT2D eigenvalue weighted by molar-refractivity contribution is 5.73. The van der Waals surface area contributed by atoms with Crippen LogP contribution in [-0.4, -0.2) is 23.6 Å². The van der Waals surface area contributed by atoms with Crippen molar-refractivity contribution in [2.24, 2.45) is 0 Å². The molecule has 4 heteroatoms. The van der Waals surface area contributed by atoms with Gasteiger partial charge >= 0.3 is 0 Å². The first-order valence-corrected chi connectivity index (χ1v) is 5.90. The number of hydrogen-bond donors (Lipinski definition) is 3. The predicted molar refractivity (Wildman–Crippen MR) is 65.2 cm³/mol. The molecule has 17 heavy (non-hydrogen) atoms. The summed E-state index contributed by atoms with van der Waals surface area (Å²) in [5.74, 6) is -0.0488. The molecular weight excluding hydrogens is 216 g/mol. The number of aliphatic hydroxyl groups is 1. The molecule has 1 heterocycles. The summed E-state index contributed by atoms with van der Waals surface area (Å²) in [5.41, 5.74) is -0.192. The molecule has 2 rings (SSSR count). The average Bonchev–Trinajstić information content (AvgIpc) is 2.29. The average molecular weight is 234 g/mol. The van der Waals surface area contributed by atoms with E-state index in [0.29, 0.717) is 13.0 Å². The quantitative estimate of drug-likeness (QED) is 0.706. The van der Waals surface area contributed by atoms with E-state index in [4.69, 9.17) is 0 Å². The Morgan fingerprint density at radius 2 is 2.18 bits per heavy atom. The summed E-state index contributed by atoms with van der Waals surface area (Å²) in [6, 6.07) is 9.53. The van der Waals surface area contributed by atoms with E-state index in [1.807, 2.05) is 30.3 Å². The second-order valence-electron chi connectivity index (χ2n) is 4.54. The summed E-state index contributed by atoms with van der Waals surface area (Å²) < 4.78 is 0. The molecule has 1 aliphatic heterocycles. The van der Waals surface area contributed by atoms with Crippen LogP contribution in [0.4, 0.5) is 0 Å². The fourth-order valence-corrected chi connectivity index (χ4v) is 2.33. The van der Waals surface area contributed by atoms with Crippen LogP contribution >= 0.6 is 0 Å². The van der Waals surface area contributed by atoms with Gasteiger partial charge in [0.1, 0.15) is 5.72 Å². The molecule has 0 bridgehead atoms. The Morgan fingerprint density at radius 3 is 2.82 bits per heavy atom. The first-order valence-electron chi connectivity index (χ1n) is 5.90. The number of amides is 1. The third kappa shape index (κ3) is 2.84. The summed E-state index contributed by atoms with van der Waals surface area (Å²) in [5, 5.41) is 16.6. The number of piperidine rings is 1. The molecule has 1 aromatic rings. The van der Waals surface area contributed by atoms with Crippen molar-refractivity contribution in [2.45, 2.75) is 31.5 Å². The van der Waals surface area contributed by atoms with Crippen LogP contribution in [0.1, 0.15) is 25.3 Å². The molecule has 4 nitrogen and oxygen atoms in total. The molecule has 0 spiro atoms. The lowest BCUT2D eigenvalue weighted by Crippen LogP contribution is -2.54. The number of rotatable bonds is 2. The maximum absolute atomic E-state index is 11.0. The number of benzene rings is 1. The lowest BCUT2D eigenvalue weighted by molar-refractivity contribution is -0.120. The summed E-state index contributed by atoms with van der Waals surface area (Å²) >= 11 is 0. The van der Waals surface area contributed by atoms with Crippen LogP contribution in [-0.2, 0) is 10.5 Å². The van der Waals surface area contributed by atoms with Gasteiger partial charge in [-0.2, -0.15) is 0 Å². The van der Waals surface area contributed by atoms with Crippen LogP contribution in [0.15, 0.2) is 30.3 Å². The topological polar surface area (TPSA) is 61.4 Å². The predicted octanol–water partition coefficient (Wildman–Crippen LogP) is 0.720. The fourth-order valence-electron chi connectivity index (χ4n) is 2.33. The minimum absolute atomic E-state index is 0.0268. The number of nitrogens with one attached hydrogen (secondary N) is 2. The van der Waals surface area contributed by atoms with Crippen molar-refractivity contribution in [1.29, 1.82) is 0 Å². The van der Waals surface area contributed by atoms with E-state index < -0.39 is 5.72 Å². The normalized spacial score (nSPS) is 28.7. The largest absolute Gasteiger partial charge is 0.371 e. The molecule has 1 saturated heterocycles. The first-order chi connectivity index (χ1) is 8.10. The van der Waals surface area contributed by atoms with Gasteiger partial charge in [0.25, 0.3) is 0 Å². The molecule has 0 radical (unpaired) electrons. The van der Waals surface area contributed by atoms with Crippen molar-refractivity contribution >= 4 is 5.91 Å². The van der Waals surface area contributed by atoms with Crippen LogP contribution in [0.2, 0.25) is 0 Å². The summed E-state index contributed by atoms with van der Waals surface area (Å²) in [6.45, 7) is 2.19. The number of carbonyl (C=O) groups is 1. The Bertz CT molecular complexity index is 394. The van der Waals surface area contributed by atoms with Crippen molar-refractivity contribution < 1.29 is 9.90 Å². The number of carbonyl (C=O) groups excluding carboxylic acids is 1. The second-order valence-corrected chi connectivity index (χ2v) is 4.54. The smallest absolute Gasteiger partial charge is 0.217 e. The van der Waals surface area contributed by atoms with Crippen LogP contribution in [0.5, 0.6) is 0 Å². The van der Waals surface area contributed by atoms with Crippen molar-refractivity contribution in [3.8, 4) is 0 Å². The van der Waals surface area contributed by atoms with Gasteiger partial charge in [0.05, 0.1) is 0 Å². The summed E-state index contributed by atoms with van der Waals surface area (Å²) in [7, 11) is 0. The molecule has 0 unspecified atom stereocenters. The van der Waals surface area contributed by atoms with E-state index in [0.717, 1.165) is 12.0 Å². The van der Waals surface area contributed by atoms with Crippen LogP contribution < -0.4 is 10.6 Å². The van der Waals surface area contributed by atoms with Crippen LogP contribution in [0.25, 0.3) is 0 Å². The van der Waals surface area contributed by atoms with Crippen molar-refractivity contribution in [3.63, 3.8) is 0 Å². The second kappa shape index (κ2) is 4.85. The van der Waals surface area contributed by atoms with Crippen LogP contribution in [0, 0.1) is 0 Å². The highest BCUT2D eigenvalue weighted by atomic mass is 16.3. The summed E-state index contributed by atoms with van der Waals surface area (Å²) in [6.07, 6.45) is 1.34. The Labute approximate surface area is 101 Å². The number of hydrogen-bond acceptors (Lipinski definition) is 3. The molecule has 0 saturated carbocycles. The molecule has 1 fully saturated rings. The van der Waals surface area contributed by atoms with Gasteiger partial charge in [-0.05, 0) is 12.0 Å². The highest BCUT2D eigenvalue weighted by Crippen LogP contribution is 2.27. The standard InChI is InChI=1S/C13H18N2O2/c1-10(16)15-12-7-8-14-13(17,9-12)11-5-3-2-4-6-11/h2-6,12,14,17H,7-9H2,1H3,(H,15,16)/t12-,13-/m0/s1. The first kappa shape index (κ1) is 12.1. The minimum Gasteiger partial charge on any atom is -0.371 e. The molecular formula is C13H18N2O2. The third-order valence-corrected chi connectivity index (χ3v) is 3.11. The van der Waals surface area contributed by atoms with Gasteiger partial charge in [0.15, 0.2) is 0 Å². The van der Waals surface area contributed by atoms with E-state index in [-0.39, 0.29) is 11.9 Å². The zero-order valence-corrected chi connectivity index (χ0v) is 9.94. The Hall–Kier alpha value is -1.39. The van der Waals surface area contributed by atoms with Gasteiger partial charge in [-0.3, -0.25) is 10.1 Å². The molecule has 1 amide bonds. The maximum atomic E-state index is 11.0. The molecule has 92 valence electrons. The van der Waals surface area contributed by atoms with Gasteiger partial charge < -0.3 is 10.4 Å². The van der Waals surface area contributed by atoms with E-state index in [1.54, 1.807) is 0 Å². The van der Waals surface area contributed by atoms with Gasteiger partial charge in [0.2, 0.25) is 5.91 Å². The summed E-state index contributed by atoms with van der Waals surface area (Å²) in [4.78, 5) is 11.0. The van der Waals surface area contributed by atoms with E-state index >= 15 is 0 Å². The zero-order chi connectivity index (χ0) is 12.3. The van der Waals surface area contributed by atoms with Crippen molar-refractivity contribution in [3.05, 3.63) is 35.9 Å². The zero-order valence-electron chi connectivity index (χ0n) is 9.94. The van der Waals surface area contributed by atoms with Crippen LogP contribution in [0.3, 0.4) is 0 Å². The fraction of sp³-hybridized carbons (Fsp3) is 0.462. The van der Waals surface area contributed by atoms with Gasteiger partial charge in [0, 0.05) is 25.9 Å². The van der Waals surface area contributed by atoms with E-state index in [9.17, 15) is 9.90 Å². The van der Waals surface area contributed by atoms with Crippen molar-refractivity contribution in [2.75, 3.05) is 6.54 Å². The van der Waals surface area contributed by atoms with Gasteiger partial charge in [-0.25, -0.2) is 0 Å². The van der Waals surface area contributed by atoms with Crippen molar-refractivity contribution in [1.82, 2.24) is 10.6 Å². The maximum Gasteiger partial charge on any atom is 0.217 e. The molecule has 2 atom stereocenters. The van der Waals surface area contributed by atoms with Gasteiger partial charge in [-0.15, -0.1) is 0 Å². The lowest BCUT2D eigenvalue weighted by atomic mass is 9.90. The van der Waals surface area contributed by atoms with E-state index in [2.05, 4.69) is 10.6 Å². The molecule has 0 aliphatic carbocycles. The highest BCUT2D eigenvalue weighted by Gasteiger charge is 2.35. The Morgan fingerprint density at radius 1 is 1.47 bits per heavy atom. The third-order valence-electron chi connectivity index (χ3n) is 3.11. The van der Waals surface area contributed by atoms with E-state index in [1.165, 1.54) is 6.92 Å². The Balaban J connectivity index is 2.12. The lowest BCUT2D eigenvalue weighted by Gasteiger charge is -2.38. The van der Waals surface area contributed by atoms with Gasteiger partial charge in [-0.1, -0.05) is 30.3 Å².